The Morgan fingerprint density at radius 3 is 2.33 bits per heavy atom. The van der Waals surface area contributed by atoms with Gasteiger partial charge < -0.3 is 10.2 Å². The Bertz CT molecular complexity index is 1280. The summed E-state index contributed by atoms with van der Waals surface area (Å²) >= 11 is 0. The van der Waals surface area contributed by atoms with Gasteiger partial charge in [-0.05, 0) is 23.8 Å². The molecule has 1 aromatic heterocycles. The first-order chi connectivity index (χ1) is 15.9. The van der Waals surface area contributed by atoms with Gasteiger partial charge in [0.1, 0.15) is 5.56 Å². The van der Waals surface area contributed by atoms with Crippen LogP contribution in [0.25, 0.3) is 11.4 Å². The summed E-state index contributed by atoms with van der Waals surface area (Å²) in [7, 11) is 3.93. The minimum Gasteiger partial charge on any atom is -0.378 e. The van der Waals surface area contributed by atoms with E-state index in [4.69, 9.17) is 0 Å². The number of nitro benzene ring substituents is 1. The number of para-hydroxylation sites is 1. The molecule has 33 heavy (non-hydrogen) atoms. The number of carbonyl (C=O) groups excluding carboxylic acids is 1. The lowest BCUT2D eigenvalue weighted by molar-refractivity contribution is -0.385. The summed E-state index contributed by atoms with van der Waals surface area (Å²) in [5, 5.41) is 19.0. The molecule has 0 fully saturated rings. The predicted octanol–water partition coefficient (Wildman–Crippen LogP) is 4.22. The first kappa shape index (κ1) is 21.7. The number of carbonyl (C=O) groups is 1. The van der Waals surface area contributed by atoms with E-state index in [0.717, 1.165) is 21.5 Å². The van der Waals surface area contributed by atoms with Crippen LogP contribution in [-0.4, -0.2) is 39.7 Å². The zero-order valence-corrected chi connectivity index (χ0v) is 18.2. The molecule has 0 aliphatic carbocycles. The van der Waals surface area contributed by atoms with Crippen LogP contribution in [0, 0.1) is 10.1 Å². The molecule has 1 heterocycles. The van der Waals surface area contributed by atoms with Gasteiger partial charge in [-0.1, -0.05) is 54.6 Å². The largest absolute Gasteiger partial charge is 0.378 e. The molecule has 4 aromatic rings. The van der Waals surface area contributed by atoms with Crippen LogP contribution in [-0.2, 0) is 6.54 Å². The topological polar surface area (TPSA) is 106 Å². The van der Waals surface area contributed by atoms with Gasteiger partial charge in [0.25, 0.3) is 11.6 Å². The molecule has 0 saturated heterocycles. The lowest BCUT2D eigenvalue weighted by atomic mass is 10.1. The van der Waals surface area contributed by atoms with Gasteiger partial charge in [-0.3, -0.25) is 14.9 Å². The van der Waals surface area contributed by atoms with E-state index in [9.17, 15) is 14.9 Å². The van der Waals surface area contributed by atoms with Crippen molar-refractivity contribution in [2.24, 2.45) is 0 Å². The minimum absolute atomic E-state index is 0.0644. The van der Waals surface area contributed by atoms with Gasteiger partial charge in [0, 0.05) is 38.0 Å². The van der Waals surface area contributed by atoms with Gasteiger partial charge in [-0.15, -0.1) is 5.10 Å². The summed E-state index contributed by atoms with van der Waals surface area (Å²) in [6, 6.07) is 23.0. The molecule has 9 heteroatoms. The number of nitrogens with one attached hydrogen (secondary N) is 1. The monoisotopic (exact) mass is 442 g/mol. The lowest BCUT2D eigenvalue weighted by Gasteiger charge is -2.13. The Hall–Kier alpha value is -4.53. The first-order valence-corrected chi connectivity index (χ1v) is 10.2. The highest BCUT2D eigenvalue weighted by Gasteiger charge is 2.25. The zero-order valence-electron chi connectivity index (χ0n) is 18.2. The Balaban J connectivity index is 1.69. The third-order valence-electron chi connectivity index (χ3n) is 5.07. The Labute approximate surface area is 190 Å². The van der Waals surface area contributed by atoms with Crippen LogP contribution < -0.4 is 10.2 Å². The van der Waals surface area contributed by atoms with E-state index in [2.05, 4.69) is 15.4 Å². The Kier molecular flexibility index (Phi) is 6.12. The number of hydrogen-bond donors (Lipinski definition) is 1. The maximum absolute atomic E-state index is 13.3. The minimum atomic E-state index is -0.637. The van der Waals surface area contributed by atoms with Gasteiger partial charge in [-0.2, -0.15) is 9.67 Å². The summed E-state index contributed by atoms with van der Waals surface area (Å²) in [5.41, 5.74) is 2.43. The molecule has 0 saturated carbocycles. The average molecular weight is 442 g/mol. The normalized spacial score (nSPS) is 10.6. The van der Waals surface area contributed by atoms with Gasteiger partial charge >= 0.3 is 0 Å². The fourth-order valence-corrected chi connectivity index (χ4v) is 3.30. The summed E-state index contributed by atoms with van der Waals surface area (Å²) in [6.45, 7) is 0.394. The van der Waals surface area contributed by atoms with E-state index in [1.165, 1.54) is 18.2 Å². The van der Waals surface area contributed by atoms with Crippen molar-refractivity contribution in [2.75, 3.05) is 24.3 Å². The maximum atomic E-state index is 13.3. The van der Waals surface area contributed by atoms with E-state index in [0.29, 0.717) is 12.4 Å². The average Bonchev–Trinajstić information content (AvgIpc) is 3.27. The third-order valence-corrected chi connectivity index (χ3v) is 5.07. The molecule has 1 N–H and O–H groups in total. The zero-order chi connectivity index (χ0) is 23.4. The molecule has 0 unspecified atom stereocenters. The lowest BCUT2D eigenvalue weighted by Crippen LogP contribution is -2.18. The molecule has 0 aliphatic rings. The number of hydrogen-bond acceptors (Lipinski definition) is 7. The van der Waals surface area contributed by atoms with Crippen LogP contribution in [0.5, 0.6) is 0 Å². The van der Waals surface area contributed by atoms with Crippen molar-refractivity contribution in [1.82, 2.24) is 14.8 Å². The van der Waals surface area contributed by atoms with Crippen molar-refractivity contribution in [3.05, 3.63) is 100 Å². The third kappa shape index (κ3) is 4.72. The van der Waals surface area contributed by atoms with E-state index >= 15 is 0 Å². The maximum Gasteiger partial charge on any atom is 0.288 e. The van der Waals surface area contributed by atoms with Crippen LogP contribution in [0.2, 0.25) is 0 Å². The van der Waals surface area contributed by atoms with Crippen LogP contribution in [0.4, 0.5) is 17.3 Å². The van der Waals surface area contributed by atoms with Crippen molar-refractivity contribution in [3.8, 4) is 11.4 Å². The smallest absolute Gasteiger partial charge is 0.288 e. The predicted molar refractivity (Wildman–Crippen MR) is 126 cm³/mol. The molecule has 0 bridgehead atoms. The summed E-state index contributed by atoms with van der Waals surface area (Å²) in [5.74, 6) is -0.0934. The van der Waals surface area contributed by atoms with Gasteiger partial charge in [-0.25, -0.2) is 0 Å². The second-order valence-corrected chi connectivity index (χ2v) is 7.53. The second kappa shape index (κ2) is 9.31. The SMILES string of the molecule is CN(C)c1ccc(CNc2nc(-c3ccccc3)nn2C(=O)c2ccccc2[N+](=O)[O-])cc1. The van der Waals surface area contributed by atoms with E-state index in [1.54, 1.807) is 6.07 Å². The van der Waals surface area contributed by atoms with Crippen molar-refractivity contribution in [3.63, 3.8) is 0 Å². The summed E-state index contributed by atoms with van der Waals surface area (Å²) < 4.78 is 1.08. The first-order valence-electron chi connectivity index (χ1n) is 10.2. The second-order valence-electron chi connectivity index (χ2n) is 7.53. The molecule has 4 rings (SSSR count). The van der Waals surface area contributed by atoms with Crippen LogP contribution >= 0.6 is 0 Å². The molecule has 166 valence electrons. The summed E-state index contributed by atoms with van der Waals surface area (Å²) in [6.07, 6.45) is 0. The molecule has 9 nitrogen and oxygen atoms in total. The van der Waals surface area contributed by atoms with Crippen molar-refractivity contribution in [1.29, 1.82) is 0 Å². The van der Waals surface area contributed by atoms with Gasteiger partial charge in [0.05, 0.1) is 4.92 Å². The van der Waals surface area contributed by atoms with Crippen molar-refractivity contribution in [2.45, 2.75) is 6.54 Å². The number of nitro groups is 1. The Morgan fingerprint density at radius 2 is 1.67 bits per heavy atom. The number of benzene rings is 3. The molecule has 3 aromatic carbocycles. The molecule has 0 aliphatic heterocycles. The van der Waals surface area contributed by atoms with Crippen LogP contribution in [0.3, 0.4) is 0 Å². The highest BCUT2D eigenvalue weighted by molar-refractivity contribution is 6.00. The van der Waals surface area contributed by atoms with E-state index in [-0.39, 0.29) is 17.2 Å². The molecule has 0 atom stereocenters. The van der Waals surface area contributed by atoms with Gasteiger partial charge in [0.2, 0.25) is 5.95 Å². The fraction of sp³-hybridized carbons (Fsp3) is 0.125. The Morgan fingerprint density at radius 1 is 1.00 bits per heavy atom. The molecular weight excluding hydrogens is 420 g/mol. The molecule has 0 radical (unpaired) electrons. The molecule has 0 spiro atoms. The standard InChI is InChI=1S/C24H22N6O3/c1-28(2)19-14-12-17(13-15-19)16-25-24-26-22(18-8-4-3-5-9-18)27-29(24)23(31)20-10-6-7-11-21(20)30(32)33/h3-15H,16H2,1-2H3,(H,25,26,27). The highest BCUT2D eigenvalue weighted by atomic mass is 16.6. The van der Waals surface area contributed by atoms with Crippen LogP contribution in [0.1, 0.15) is 15.9 Å². The number of anilines is 2. The van der Waals surface area contributed by atoms with Gasteiger partial charge in [0.15, 0.2) is 5.82 Å². The van der Waals surface area contributed by atoms with Crippen LogP contribution in [0.15, 0.2) is 78.9 Å². The fourth-order valence-electron chi connectivity index (χ4n) is 3.30. The summed E-state index contributed by atoms with van der Waals surface area (Å²) in [4.78, 5) is 30.7. The van der Waals surface area contributed by atoms with Crippen molar-refractivity contribution >= 4 is 23.2 Å². The van der Waals surface area contributed by atoms with E-state index < -0.39 is 10.8 Å². The highest BCUT2D eigenvalue weighted by Crippen LogP contribution is 2.23. The molecular formula is C24H22N6O3. The van der Waals surface area contributed by atoms with Crippen molar-refractivity contribution < 1.29 is 9.72 Å². The number of rotatable bonds is 7. The number of nitrogens with zero attached hydrogens (tertiary/aromatic N) is 5. The number of aromatic nitrogens is 3. The quantitative estimate of drug-likeness (QED) is 0.337. The van der Waals surface area contributed by atoms with E-state index in [1.807, 2.05) is 73.6 Å². The molecule has 0 amide bonds.